The highest BCUT2D eigenvalue weighted by atomic mass is 16.2. The van der Waals surface area contributed by atoms with E-state index in [-0.39, 0.29) is 5.91 Å². The second-order valence-electron chi connectivity index (χ2n) is 7.59. The summed E-state index contributed by atoms with van der Waals surface area (Å²) in [5.74, 6) is 2.33. The molecule has 0 saturated carbocycles. The highest BCUT2D eigenvalue weighted by Gasteiger charge is 2.25. The van der Waals surface area contributed by atoms with Gasteiger partial charge in [0.15, 0.2) is 5.96 Å². The van der Waals surface area contributed by atoms with Gasteiger partial charge in [-0.2, -0.15) is 0 Å². The zero-order valence-corrected chi connectivity index (χ0v) is 15.7. The number of likely N-dealkylation sites (tertiary alicyclic amines) is 1. The Balaban J connectivity index is 1.55. The van der Waals surface area contributed by atoms with E-state index in [1.54, 1.807) is 7.05 Å². The number of fused-ring (bicyclic) bond motifs is 1. The number of carbonyl (C=O) groups excluding carboxylic acids is 1. The van der Waals surface area contributed by atoms with Crippen LogP contribution in [0.5, 0.6) is 0 Å². The van der Waals surface area contributed by atoms with Crippen molar-refractivity contribution in [3.63, 3.8) is 0 Å². The molecule has 1 fully saturated rings. The minimum absolute atomic E-state index is 0.147. The highest BCUT2D eigenvalue weighted by molar-refractivity contribution is 5.86. The van der Waals surface area contributed by atoms with Crippen molar-refractivity contribution >= 4 is 11.9 Å². The zero-order chi connectivity index (χ0) is 17.8. The highest BCUT2D eigenvalue weighted by Crippen LogP contribution is 2.21. The number of hydrogen-bond donors (Lipinski definition) is 1. The zero-order valence-electron chi connectivity index (χ0n) is 15.7. The molecule has 1 N–H and O–H groups in total. The van der Waals surface area contributed by atoms with E-state index in [1.807, 2.05) is 11.0 Å². The van der Waals surface area contributed by atoms with Crippen LogP contribution in [0.3, 0.4) is 0 Å². The van der Waals surface area contributed by atoms with Gasteiger partial charge in [0.2, 0.25) is 5.91 Å². The molecule has 0 bridgehead atoms. The summed E-state index contributed by atoms with van der Waals surface area (Å²) in [5, 5.41) is 3.29. The SMILES string of the molecule is CN=C(NCC(=O)N1CCc2ccccc2C1)N1CC(C)CC(C)C1. The first-order valence-electron chi connectivity index (χ1n) is 9.37. The molecule has 5 nitrogen and oxygen atoms in total. The van der Waals surface area contributed by atoms with Crippen LogP contribution in [0, 0.1) is 11.8 Å². The van der Waals surface area contributed by atoms with Crippen LogP contribution in [-0.4, -0.2) is 54.9 Å². The van der Waals surface area contributed by atoms with E-state index in [0.717, 1.165) is 32.0 Å². The lowest BCUT2D eigenvalue weighted by Gasteiger charge is -2.37. The van der Waals surface area contributed by atoms with E-state index in [1.165, 1.54) is 17.5 Å². The monoisotopic (exact) mass is 342 g/mol. The Morgan fingerprint density at radius 1 is 1.16 bits per heavy atom. The lowest BCUT2D eigenvalue weighted by Crippen LogP contribution is -2.51. The van der Waals surface area contributed by atoms with Gasteiger partial charge in [-0.3, -0.25) is 9.79 Å². The van der Waals surface area contributed by atoms with Crippen LogP contribution in [0.15, 0.2) is 29.3 Å². The number of nitrogens with one attached hydrogen (secondary N) is 1. The van der Waals surface area contributed by atoms with Crippen molar-refractivity contribution in [2.24, 2.45) is 16.8 Å². The van der Waals surface area contributed by atoms with Crippen LogP contribution in [-0.2, 0) is 17.8 Å². The van der Waals surface area contributed by atoms with Gasteiger partial charge in [-0.25, -0.2) is 0 Å². The van der Waals surface area contributed by atoms with Crippen molar-refractivity contribution in [3.05, 3.63) is 35.4 Å². The van der Waals surface area contributed by atoms with Crippen molar-refractivity contribution in [3.8, 4) is 0 Å². The van der Waals surface area contributed by atoms with E-state index in [4.69, 9.17) is 0 Å². The molecule has 3 rings (SSSR count). The van der Waals surface area contributed by atoms with Crippen molar-refractivity contribution in [1.29, 1.82) is 0 Å². The molecule has 0 aliphatic carbocycles. The summed E-state index contributed by atoms with van der Waals surface area (Å²) in [4.78, 5) is 21.3. The normalized spacial score (nSPS) is 24.0. The van der Waals surface area contributed by atoms with Crippen LogP contribution >= 0.6 is 0 Å². The predicted molar refractivity (Wildman–Crippen MR) is 101 cm³/mol. The van der Waals surface area contributed by atoms with Gasteiger partial charge < -0.3 is 15.1 Å². The Morgan fingerprint density at radius 2 is 1.84 bits per heavy atom. The maximum atomic E-state index is 12.6. The Bertz CT molecular complexity index is 632. The molecule has 2 atom stereocenters. The number of rotatable bonds is 2. The first-order valence-corrected chi connectivity index (χ1v) is 9.37. The van der Waals surface area contributed by atoms with Crippen LogP contribution in [0.25, 0.3) is 0 Å². The summed E-state index contributed by atoms with van der Waals surface area (Å²) in [6.45, 7) is 8.41. The minimum Gasteiger partial charge on any atom is -0.347 e. The molecule has 5 heteroatoms. The third-order valence-corrected chi connectivity index (χ3v) is 5.26. The Hall–Kier alpha value is -2.04. The lowest BCUT2D eigenvalue weighted by molar-refractivity contribution is -0.130. The smallest absolute Gasteiger partial charge is 0.242 e. The second kappa shape index (κ2) is 7.89. The molecule has 136 valence electrons. The average molecular weight is 342 g/mol. The van der Waals surface area contributed by atoms with Gasteiger partial charge in [-0.05, 0) is 35.8 Å². The minimum atomic E-state index is 0.147. The van der Waals surface area contributed by atoms with Crippen LogP contribution in [0.4, 0.5) is 0 Å². The third kappa shape index (κ3) is 4.33. The molecule has 2 aliphatic heterocycles. The number of aliphatic imine (C=N–C) groups is 1. The standard InChI is InChI=1S/C20H30N4O/c1-15-10-16(2)13-24(12-15)20(21-3)22-11-19(25)23-9-8-17-6-4-5-7-18(17)14-23/h4-7,15-16H,8-14H2,1-3H3,(H,21,22). The number of amides is 1. The predicted octanol–water partition coefficient (Wildman–Crippen LogP) is 2.12. The largest absolute Gasteiger partial charge is 0.347 e. The number of piperidine rings is 1. The number of nitrogens with zero attached hydrogens (tertiary/aromatic N) is 3. The average Bonchev–Trinajstić information content (AvgIpc) is 2.61. The van der Waals surface area contributed by atoms with Crippen molar-refractivity contribution in [2.75, 3.05) is 33.2 Å². The number of hydrogen-bond acceptors (Lipinski definition) is 2. The maximum Gasteiger partial charge on any atom is 0.242 e. The second-order valence-corrected chi connectivity index (χ2v) is 7.59. The molecular weight excluding hydrogens is 312 g/mol. The van der Waals surface area contributed by atoms with Crippen LogP contribution in [0.1, 0.15) is 31.4 Å². The summed E-state index contributed by atoms with van der Waals surface area (Å²) in [6, 6.07) is 8.40. The molecule has 0 spiro atoms. The molecular formula is C20H30N4O. The molecule has 0 radical (unpaired) electrons. The van der Waals surface area contributed by atoms with E-state index in [9.17, 15) is 4.79 Å². The molecule has 2 unspecified atom stereocenters. The van der Waals surface area contributed by atoms with Crippen LogP contribution in [0.2, 0.25) is 0 Å². The van der Waals surface area contributed by atoms with Crippen LogP contribution < -0.4 is 5.32 Å². The molecule has 2 aliphatic rings. The van der Waals surface area contributed by atoms with Crippen molar-refractivity contribution in [2.45, 2.75) is 33.2 Å². The van der Waals surface area contributed by atoms with E-state index in [0.29, 0.717) is 24.9 Å². The molecule has 0 aromatic heterocycles. The van der Waals surface area contributed by atoms with Gasteiger partial charge >= 0.3 is 0 Å². The van der Waals surface area contributed by atoms with Gasteiger partial charge in [0.05, 0.1) is 6.54 Å². The Labute approximate surface area is 151 Å². The fourth-order valence-corrected chi connectivity index (χ4v) is 4.14. The van der Waals surface area contributed by atoms with Gasteiger partial charge in [-0.1, -0.05) is 38.1 Å². The van der Waals surface area contributed by atoms with Crippen molar-refractivity contribution < 1.29 is 4.79 Å². The topological polar surface area (TPSA) is 47.9 Å². The summed E-state index contributed by atoms with van der Waals surface area (Å²) < 4.78 is 0. The van der Waals surface area contributed by atoms with E-state index in [2.05, 4.69) is 47.3 Å². The van der Waals surface area contributed by atoms with E-state index < -0.39 is 0 Å². The quantitative estimate of drug-likeness (QED) is 0.662. The molecule has 1 amide bonds. The van der Waals surface area contributed by atoms with Gasteiger partial charge in [0.25, 0.3) is 0 Å². The molecule has 1 aromatic rings. The summed E-state index contributed by atoms with van der Waals surface area (Å²) in [7, 11) is 1.80. The summed E-state index contributed by atoms with van der Waals surface area (Å²) >= 11 is 0. The van der Waals surface area contributed by atoms with Gasteiger partial charge in [0.1, 0.15) is 0 Å². The van der Waals surface area contributed by atoms with E-state index >= 15 is 0 Å². The molecule has 2 heterocycles. The Morgan fingerprint density at radius 3 is 2.52 bits per heavy atom. The molecule has 1 saturated heterocycles. The third-order valence-electron chi connectivity index (χ3n) is 5.26. The number of guanidine groups is 1. The maximum absolute atomic E-state index is 12.6. The first kappa shape index (κ1) is 17.8. The first-order chi connectivity index (χ1) is 12.1. The molecule has 25 heavy (non-hydrogen) atoms. The fourth-order valence-electron chi connectivity index (χ4n) is 4.14. The van der Waals surface area contributed by atoms with Crippen molar-refractivity contribution in [1.82, 2.24) is 15.1 Å². The fraction of sp³-hybridized carbons (Fsp3) is 0.600. The summed E-state index contributed by atoms with van der Waals surface area (Å²) in [6.07, 6.45) is 2.21. The summed E-state index contributed by atoms with van der Waals surface area (Å²) in [5.41, 5.74) is 2.64. The van der Waals surface area contributed by atoms with Gasteiger partial charge in [-0.15, -0.1) is 0 Å². The molecule has 1 aromatic carbocycles. The number of benzene rings is 1. The number of carbonyl (C=O) groups is 1. The Kier molecular flexibility index (Phi) is 5.61. The van der Waals surface area contributed by atoms with Gasteiger partial charge in [0, 0.05) is 33.2 Å². The lowest BCUT2D eigenvalue weighted by atomic mass is 9.92.